The Morgan fingerprint density at radius 3 is 2.52 bits per heavy atom. The highest BCUT2D eigenvalue weighted by molar-refractivity contribution is 5.83. The van der Waals surface area contributed by atoms with Crippen LogP contribution in [0.25, 0.3) is 11.2 Å². The highest BCUT2D eigenvalue weighted by Crippen LogP contribution is 2.33. The van der Waals surface area contributed by atoms with E-state index in [1.165, 1.54) is 12.7 Å². The van der Waals surface area contributed by atoms with Crippen molar-refractivity contribution >= 4 is 17.0 Å². The van der Waals surface area contributed by atoms with Gasteiger partial charge in [0.2, 0.25) is 0 Å². The van der Waals surface area contributed by atoms with E-state index in [0.29, 0.717) is 22.9 Å². The lowest BCUT2D eigenvalue weighted by atomic mass is 9.96. The summed E-state index contributed by atoms with van der Waals surface area (Å²) in [7, 11) is 0. The summed E-state index contributed by atoms with van der Waals surface area (Å²) in [5.74, 6) is 0.869. The van der Waals surface area contributed by atoms with E-state index < -0.39 is 31.1 Å². The molecule has 154 valence electrons. The SMILES string of the molecule is CC(C)C(Nc1ncnc2c1ncn2[C@@H]1O[C@H](CO)C(O)[C@@H]1O)c1ccccc1. The molecule has 0 spiro atoms. The van der Waals surface area contributed by atoms with Gasteiger partial charge in [0.25, 0.3) is 0 Å². The smallest absolute Gasteiger partial charge is 0.167 e. The molecule has 1 aliphatic rings. The standard InChI is InChI=1S/C20H25N5O4/c1-11(2)14(12-6-4-3-5-7-12)24-18-15-19(22-9-21-18)25(10-23-15)20-17(28)16(27)13(8-26)29-20/h3-7,9-11,13-14,16-17,20,26-28H,8H2,1-2H3,(H,21,22,24)/t13-,14?,16?,17+,20-/m1/s1. The highest BCUT2D eigenvalue weighted by Gasteiger charge is 2.44. The van der Waals surface area contributed by atoms with E-state index in [9.17, 15) is 15.3 Å². The molecule has 4 rings (SSSR count). The molecule has 3 heterocycles. The van der Waals surface area contributed by atoms with E-state index in [0.717, 1.165) is 5.56 Å². The Kier molecular flexibility index (Phi) is 5.46. The van der Waals surface area contributed by atoms with Crippen LogP contribution in [-0.4, -0.2) is 59.8 Å². The lowest BCUT2D eigenvalue weighted by Gasteiger charge is -2.23. The molecule has 29 heavy (non-hydrogen) atoms. The summed E-state index contributed by atoms with van der Waals surface area (Å²) in [6.45, 7) is 3.86. The van der Waals surface area contributed by atoms with Gasteiger partial charge >= 0.3 is 0 Å². The van der Waals surface area contributed by atoms with Gasteiger partial charge in [0.15, 0.2) is 23.2 Å². The third-order valence-electron chi connectivity index (χ3n) is 5.27. The van der Waals surface area contributed by atoms with Crippen molar-refractivity contribution in [2.24, 2.45) is 5.92 Å². The van der Waals surface area contributed by atoms with Crippen LogP contribution in [0.1, 0.15) is 31.7 Å². The van der Waals surface area contributed by atoms with Gasteiger partial charge in [-0.15, -0.1) is 0 Å². The number of aromatic nitrogens is 4. The van der Waals surface area contributed by atoms with Crippen LogP contribution in [0.2, 0.25) is 0 Å². The Bertz CT molecular complexity index is 964. The molecule has 0 saturated carbocycles. The fourth-order valence-corrected chi connectivity index (χ4v) is 3.70. The summed E-state index contributed by atoms with van der Waals surface area (Å²) in [5.41, 5.74) is 2.14. The van der Waals surface area contributed by atoms with E-state index in [1.54, 1.807) is 4.57 Å². The maximum Gasteiger partial charge on any atom is 0.167 e. The second kappa shape index (κ2) is 8.03. The summed E-state index contributed by atoms with van der Waals surface area (Å²) in [5, 5.41) is 33.2. The van der Waals surface area contributed by atoms with Crippen molar-refractivity contribution in [3.05, 3.63) is 48.5 Å². The number of rotatable bonds is 6. The Labute approximate surface area is 168 Å². The van der Waals surface area contributed by atoms with Crippen molar-refractivity contribution in [2.75, 3.05) is 11.9 Å². The second-order valence-electron chi connectivity index (χ2n) is 7.55. The van der Waals surface area contributed by atoms with Crippen LogP contribution in [0.15, 0.2) is 43.0 Å². The quantitative estimate of drug-likeness (QED) is 0.488. The summed E-state index contributed by atoms with van der Waals surface area (Å²) < 4.78 is 7.16. The third kappa shape index (κ3) is 3.58. The van der Waals surface area contributed by atoms with Crippen LogP contribution < -0.4 is 5.32 Å². The Morgan fingerprint density at radius 1 is 1.10 bits per heavy atom. The van der Waals surface area contributed by atoms with Crippen molar-refractivity contribution in [3.8, 4) is 0 Å². The minimum Gasteiger partial charge on any atom is -0.394 e. The monoisotopic (exact) mass is 399 g/mol. The van der Waals surface area contributed by atoms with E-state index in [4.69, 9.17) is 4.74 Å². The van der Waals surface area contributed by atoms with Crippen LogP contribution in [0.3, 0.4) is 0 Å². The topological polar surface area (TPSA) is 126 Å². The molecular formula is C20H25N5O4. The first kappa shape index (κ1) is 19.7. The Hall–Kier alpha value is -2.59. The fourth-order valence-electron chi connectivity index (χ4n) is 3.70. The van der Waals surface area contributed by atoms with E-state index in [1.807, 2.05) is 18.2 Å². The number of benzene rings is 1. The van der Waals surface area contributed by atoms with Gasteiger partial charge in [-0.2, -0.15) is 0 Å². The molecule has 1 aliphatic heterocycles. The van der Waals surface area contributed by atoms with Gasteiger partial charge in [0.1, 0.15) is 24.6 Å². The number of aliphatic hydroxyl groups excluding tert-OH is 3. The van der Waals surface area contributed by atoms with Gasteiger partial charge < -0.3 is 25.4 Å². The largest absolute Gasteiger partial charge is 0.394 e. The maximum absolute atomic E-state index is 10.3. The predicted octanol–water partition coefficient (Wildman–Crippen LogP) is 1.25. The number of nitrogens with zero attached hydrogens (tertiary/aromatic N) is 4. The average Bonchev–Trinajstić information content (AvgIpc) is 3.28. The zero-order chi connectivity index (χ0) is 20.5. The normalized spacial score (nSPS) is 25.6. The van der Waals surface area contributed by atoms with Gasteiger partial charge in [-0.05, 0) is 11.5 Å². The summed E-state index contributed by atoms with van der Waals surface area (Å²) in [4.78, 5) is 13.1. The first-order chi connectivity index (χ1) is 14.0. The van der Waals surface area contributed by atoms with E-state index in [2.05, 4.69) is 46.2 Å². The van der Waals surface area contributed by atoms with Crippen LogP contribution in [-0.2, 0) is 4.74 Å². The van der Waals surface area contributed by atoms with Crippen LogP contribution in [0, 0.1) is 5.92 Å². The summed E-state index contributed by atoms with van der Waals surface area (Å²) in [6.07, 6.45) is -1.24. The molecule has 3 aromatic rings. The summed E-state index contributed by atoms with van der Waals surface area (Å²) >= 11 is 0. The predicted molar refractivity (Wildman–Crippen MR) is 106 cm³/mol. The van der Waals surface area contributed by atoms with Gasteiger partial charge in [0.05, 0.1) is 19.0 Å². The van der Waals surface area contributed by atoms with Crippen molar-refractivity contribution in [2.45, 2.75) is 44.4 Å². The van der Waals surface area contributed by atoms with E-state index >= 15 is 0 Å². The second-order valence-corrected chi connectivity index (χ2v) is 7.55. The average molecular weight is 399 g/mol. The fraction of sp³-hybridized carbons (Fsp3) is 0.450. The maximum atomic E-state index is 10.3. The number of nitrogens with one attached hydrogen (secondary N) is 1. The van der Waals surface area contributed by atoms with Crippen LogP contribution in [0.4, 0.5) is 5.82 Å². The number of hydrogen-bond donors (Lipinski definition) is 4. The highest BCUT2D eigenvalue weighted by atomic mass is 16.6. The van der Waals surface area contributed by atoms with Gasteiger partial charge in [-0.3, -0.25) is 4.57 Å². The van der Waals surface area contributed by atoms with E-state index in [-0.39, 0.29) is 6.04 Å². The molecule has 0 radical (unpaired) electrons. The molecule has 0 aliphatic carbocycles. The Balaban J connectivity index is 1.68. The summed E-state index contributed by atoms with van der Waals surface area (Å²) in [6, 6.07) is 10.1. The third-order valence-corrected chi connectivity index (χ3v) is 5.27. The molecule has 1 aromatic carbocycles. The number of fused-ring (bicyclic) bond motifs is 1. The molecule has 1 saturated heterocycles. The van der Waals surface area contributed by atoms with Crippen LogP contribution in [0.5, 0.6) is 0 Å². The number of aliphatic hydroxyl groups is 3. The first-order valence-electron chi connectivity index (χ1n) is 9.62. The number of imidazole rings is 1. The number of anilines is 1. The number of hydrogen-bond acceptors (Lipinski definition) is 8. The molecule has 0 amide bonds. The molecule has 0 bridgehead atoms. The molecule has 2 unspecified atom stereocenters. The van der Waals surface area contributed by atoms with Crippen molar-refractivity contribution in [3.63, 3.8) is 0 Å². The van der Waals surface area contributed by atoms with Crippen molar-refractivity contribution in [1.29, 1.82) is 0 Å². The lowest BCUT2D eigenvalue weighted by molar-refractivity contribution is -0.0511. The van der Waals surface area contributed by atoms with Crippen LogP contribution >= 0.6 is 0 Å². The van der Waals surface area contributed by atoms with Crippen molar-refractivity contribution < 1.29 is 20.1 Å². The molecule has 2 aromatic heterocycles. The zero-order valence-electron chi connectivity index (χ0n) is 16.3. The zero-order valence-corrected chi connectivity index (χ0v) is 16.3. The first-order valence-corrected chi connectivity index (χ1v) is 9.62. The molecule has 1 fully saturated rings. The van der Waals surface area contributed by atoms with Crippen molar-refractivity contribution in [1.82, 2.24) is 19.5 Å². The molecular weight excluding hydrogens is 374 g/mol. The molecule has 9 heteroatoms. The molecule has 9 nitrogen and oxygen atoms in total. The van der Waals surface area contributed by atoms with Gasteiger partial charge in [-0.1, -0.05) is 44.2 Å². The minimum atomic E-state index is -1.20. The minimum absolute atomic E-state index is 0.0216. The molecule has 5 atom stereocenters. The lowest BCUT2D eigenvalue weighted by Crippen LogP contribution is -2.33. The van der Waals surface area contributed by atoms with Gasteiger partial charge in [-0.25, -0.2) is 15.0 Å². The number of ether oxygens (including phenoxy) is 1. The molecule has 4 N–H and O–H groups in total. The van der Waals surface area contributed by atoms with Gasteiger partial charge in [0, 0.05) is 0 Å². The Morgan fingerprint density at radius 2 is 1.86 bits per heavy atom.